The van der Waals surface area contributed by atoms with Crippen LogP contribution in [-0.2, 0) is 19.0 Å². The van der Waals surface area contributed by atoms with Crippen molar-refractivity contribution in [1.29, 1.82) is 0 Å². The van der Waals surface area contributed by atoms with Crippen LogP contribution < -0.4 is 0 Å². The van der Waals surface area contributed by atoms with Gasteiger partial charge in [0, 0.05) is 10.6 Å². The summed E-state index contributed by atoms with van der Waals surface area (Å²) in [4.78, 5) is 11.6. The average molecular weight is 257 g/mol. The first-order valence-electron chi connectivity index (χ1n) is 5.26. The lowest BCUT2D eigenvalue weighted by Gasteiger charge is -2.16. The first kappa shape index (κ1) is 12.4. The zero-order valence-electron chi connectivity index (χ0n) is 9.55. The highest BCUT2D eigenvalue weighted by Crippen LogP contribution is 2.36. The lowest BCUT2D eigenvalue weighted by molar-refractivity contribution is -0.153. The van der Waals surface area contributed by atoms with Gasteiger partial charge in [0.25, 0.3) is 0 Å². The Morgan fingerprint density at radius 1 is 1.35 bits per heavy atom. The van der Waals surface area contributed by atoms with E-state index in [1.165, 1.54) is 7.11 Å². The fourth-order valence-corrected chi connectivity index (χ4v) is 2.07. The molecule has 1 aromatic carbocycles. The number of rotatable bonds is 2. The Morgan fingerprint density at radius 3 is 2.71 bits per heavy atom. The highest BCUT2D eigenvalue weighted by molar-refractivity contribution is 6.31. The molecule has 3 atom stereocenters. The van der Waals surface area contributed by atoms with Crippen LogP contribution in [0.3, 0.4) is 0 Å². The van der Waals surface area contributed by atoms with Crippen LogP contribution in [0, 0.1) is 0 Å². The number of carbonyl (C=O) groups is 1. The topological polar surface area (TPSA) is 44.8 Å². The standard InChI is InChI=1S/C12H13ClO4/c1-7-16-10(11(17-7)12(14)15-2)8-5-3-4-6-9(8)13/h3-7,10-11H,1-2H3/t7?,10-,11+/m1/s1. The van der Waals surface area contributed by atoms with Crippen LogP contribution in [0.25, 0.3) is 0 Å². The molecule has 92 valence electrons. The van der Waals surface area contributed by atoms with E-state index < -0.39 is 24.5 Å². The minimum absolute atomic E-state index is 0.458. The van der Waals surface area contributed by atoms with Crippen LogP contribution in [0.15, 0.2) is 24.3 Å². The molecule has 0 spiro atoms. The molecule has 1 aromatic rings. The zero-order chi connectivity index (χ0) is 12.4. The molecule has 17 heavy (non-hydrogen) atoms. The van der Waals surface area contributed by atoms with Crippen molar-refractivity contribution in [2.45, 2.75) is 25.4 Å². The largest absolute Gasteiger partial charge is 0.467 e. The van der Waals surface area contributed by atoms with Crippen molar-refractivity contribution in [2.75, 3.05) is 7.11 Å². The van der Waals surface area contributed by atoms with Crippen molar-refractivity contribution in [1.82, 2.24) is 0 Å². The van der Waals surface area contributed by atoms with Crippen LogP contribution in [0.1, 0.15) is 18.6 Å². The van der Waals surface area contributed by atoms with Gasteiger partial charge in [0.2, 0.25) is 0 Å². The Balaban J connectivity index is 2.30. The Bertz CT molecular complexity index is 421. The van der Waals surface area contributed by atoms with Gasteiger partial charge >= 0.3 is 5.97 Å². The van der Waals surface area contributed by atoms with Crippen LogP contribution in [0.4, 0.5) is 0 Å². The predicted molar refractivity (Wildman–Crippen MR) is 61.6 cm³/mol. The van der Waals surface area contributed by atoms with E-state index in [0.29, 0.717) is 5.02 Å². The number of hydrogen-bond donors (Lipinski definition) is 0. The van der Waals surface area contributed by atoms with Gasteiger partial charge in [-0.15, -0.1) is 0 Å². The number of hydrogen-bond acceptors (Lipinski definition) is 4. The molecule has 1 unspecified atom stereocenters. The van der Waals surface area contributed by atoms with Crippen LogP contribution >= 0.6 is 11.6 Å². The van der Waals surface area contributed by atoms with E-state index in [-0.39, 0.29) is 0 Å². The van der Waals surface area contributed by atoms with Crippen LogP contribution in [-0.4, -0.2) is 25.5 Å². The highest BCUT2D eigenvalue weighted by atomic mass is 35.5. The molecule has 0 N–H and O–H groups in total. The molecule has 0 radical (unpaired) electrons. The number of halogens is 1. The Kier molecular flexibility index (Phi) is 3.66. The van der Waals surface area contributed by atoms with Gasteiger partial charge < -0.3 is 14.2 Å². The van der Waals surface area contributed by atoms with Gasteiger partial charge in [-0.3, -0.25) is 0 Å². The van der Waals surface area contributed by atoms with Crippen molar-refractivity contribution in [3.63, 3.8) is 0 Å². The third-order valence-corrected chi connectivity index (χ3v) is 2.94. The maximum atomic E-state index is 11.6. The Hall–Kier alpha value is -1.10. The van der Waals surface area contributed by atoms with Crippen molar-refractivity contribution in [2.24, 2.45) is 0 Å². The van der Waals surface area contributed by atoms with Gasteiger partial charge in [0.1, 0.15) is 6.10 Å². The Morgan fingerprint density at radius 2 is 2.06 bits per heavy atom. The second kappa shape index (κ2) is 5.04. The molecule has 0 bridgehead atoms. The first-order valence-corrected chi connectivity index (χ1v) is 5.64. The summed E-state index contributed by atoms with van der Waals surface area (Å²) in [6.07, 6.45) is -1.75. The summed E-state index contributed by atoms with van der Waals surface area (Å²) < 4.78 is 15.6. The van der Waals surface area contributed by atoms with E-state index in [1.54, 1.807) is 13.0 Å². The van der Waals surface area contributed by atoms with Gasteiger partial charge in [-0.25, -0.2) is 4.79 Å². The number of benzene rings is 1. The van der Waals surface area contributed by atoms with Crippen LogP contribution in [0.2, 0.25) is 5.02 Å². The number of ether oxygens (including phenoxy) is 3. The molecule has 0 aromatic heterocycles. The maximum absolute atomic E-state index is 11.6. The van der Waals surface area contributed by atoms with Crippen molar-refractivity contribution < 1.29 is 19.0 Å². The summed E-state index contributed by atoms with van der Waals surface area (Å²) in [6.45, 7) is 1.73. The van der Waals surface area contributed by atoms with E-state index in [0.717, 1.165) is 5.56 Å². The molecule has 0 amide bonds. The fourth-order valence-electron chi connectivity index (χ4n) is 1.83. The van der Waals surface area contributed by atoms with Crippen molar-refractivity contribution in [3.8, 4) is 0 Å². The second-order valence-corrected chi connectivity index (χ2v) is 4.13. The minimum atomic E-state index is -0.769. The third-order valence-electron chi connectivity index (χ3n) is 2.60. The second-order valence-electron chi connectivity index (χ2n) is 3.73. The van der Waals surface area contributed by atoms with Crippen LogP contribution in [0.5, 0.6) is 0 Å². The number of methoxy groups -OCH3 is 1. The van der Waals surface area contributed by atoms with Gasteiger partial charge in [-0.1, -0.05) is 29.8 Å². The SMILES string of the molecule is COC(=O)[C@H]1OC(C)O[C@@H]1c1ccccc1Cl. The van der Waals surface area contributed by atoms with Gasteiger partial charge in [0.05, 0.1) is 7.11 Å². The van der Waals surface area contributed by atoms with Gasteiger partial charge in [-0.05, 0) is 13.0 Å². The fraction of sp³-hybridized carbons (Fsp3) is 0.417. The number of carbonyl (C=O) groups excluding carboxylic acids is 1. The molecule has 0 aliphatic carbocycles. The molecule has 1 aliphatic rings. The van der Waals surface area contributed by atoms with Crippen molar-refractivity contribution >= 4 is 17.6 Å². The monoisotopic (exact) mass is 256 g/mol. The van der Waals surface area contributed by atoms with E-state index >= 15 is 0 Å². The summed E-state index contributed by atoms with van der Waals surface area (Å²) in [5.41, 5.74) is 0.730. The zero-order valence-corrected chi connectivity index (χ0v) is 10.3. The molecular weight excluding hydrogens is 244 g/mol. The smallest absolute Gasteiger partial charge is 0.338 e. The minimum Gasteiger partial charge on any atom is -0.467 e. The first-order chi connectivity index (χ1) is 8.13. The molecule has 1 heterocycles. The molecule has 4 nitrogen and oxygen atoms in total. The summed E-state index contributed by atoms with van der Waals surface area (Å²) >= 11 is 6.08. The molecule has 1 saturated heterocycles. The lowest BCUT2D eigenvalue weighted by Crippen LogP contribution is -2.27. The quantitative estimate of drug-likeness (QED) is 0.762. The maximum Gasteiger partial charge on any atom is 0.338 e. The average Bonchev–Trinajstić information content (AvgIpc) is 2.71. The molecule has 1 fully saturated rings. The van der Waals surface area contributed by atoms with E-state index in [9.17, 15) is 4.79 Å². The van der Waals surface area contributed by atoms with Gasteiger partial charge in [-0.2, -0.15) is 0 Å². The molecule has 1 aliphatic heterocycles. The highest BCUT2D eigenvalue weighted by Gasteiger charge is 2.41. The van der Waals surface area contributed by atoms with E-state index in [1.807, 2.05) is 18.2 Å². The Labute approximate surface area is 104 Å². The summed E-state index contributed by atoms with van der Waals surface area (Å²) in [5, 5.41) is 0.545. The normalized spacial score (nSPS) is 28.1. The van der Waals surface area contributed by atoms with E-state index in [4.69, 9.17) is 21.1 Å². The van der Waals surface area contributed by atoms with Crippen molar-refractivity contribution in [3.05, 3.63) is 34.9 Å². The summed E-state index contributed by atoms with van der Waals surface area (Å²) in [6, 6.07) is 7.21. The van der Waals surface area contributed by atoms with Gasteiger partial charge in [0.15, 0.2) is 12.4 Å². The molecule has 5 heteroatoms. The lowest BCUT2D eigenvalue weighted by atomic mass is 10.0. The third kappa shape index (κ3) is 2.44. The molecule has 0 saturated carbocycles. The molecular formula is C12H13ClO4. The summed E-state index contributed by atoms with van der Waals surface area (Å²) in [7, 11) is 1.32. The predicted octanol–water partition coefficient (Wildman–Crippen LogP) is 2.32. The number of esters is 1. The van der Waals surface area contributed by atoms with E-state index in [2.05, 4.69) is 4.74 Å². The molecule has 2 rings (SSSR count). The summed E-state index contributed by atoms with van der Waals surface area (Å²) in [5.74, 6) is -0.459.